The van der Waals surface area contributed by atoms with Crippen LogP contribution in [0.4, 0.5) is 4.39 Å². The third kappa shape index (κ3) is 3.15. The highest BCUT2D eigenvalue weighted by Gasteiger charge is 2.48. The number of aromatic nitrogens is 2. The first-order chi connectivity index (χ1) is 13.1. The maximum atomic E-state index is 13.7. The molecule has 142 valence electrons. The molecule has 27 heavy (non-hydrogen) atoms. The van der Waals surface area contributed by atoms with Gasteiger partial charge in [0.25, 0.3) is 5.91 Å². The molecule has 4 rings (SSSR count). The fourth-order valence-electron chi connectivity index (χ4n) is 4.14. The van der Waals surface area contributed by atoms with E-state index in [1.807, 2.05) is 4.90 Å². The summed E-state index contributed by atoms with van der Waals surface area (Å²) in [6.45, 7) is 1.13. The van der Waals surface area contributed by atoms with Crippen molar-refractivity contribution < 1.29 is 18.7 Å². The molecular formula is C19H21FN4O3. The molecule has 1 aromatic carbocycles. The summed E-state index contributed by atoms with van der Waals surface area (Å²) in [7, 11) is 1.45. The lowest BCUT2D eigenvalue weighted by atomic mass is 10.1. The van der Waals surface area contributed by atoms with Gasteiger partial charge in [0.1, 0.15) is 11.6 Å². The molecule has 2 amide bonds. The third-order valence-electron chi connectivity index (χ3n) is 5.44. The van der Waals surface area contributed by atoms with Gasteiger partial charge in [-0.3, -0.25) is 9.59 Å². The Morgan fingerprint density at radius 1 is 1.41 bits per heavy atom. The van der Waals surface area contributed by atoms with Crippen LogP contribution >= 0.6 is 0 Å². The minimum Gasteiger partial charge on any atom is -0.496 e. The van der Waals surface area contributed by atoms with Gasteiger partial charge in [-0.2, -0.15) is 0 Å². The highest BCUT2D eigenvalue weighted by atomic mass is 19.1. The fraction of sp³-hybridized carbons (Fsp3) is 0.421. The first-order valence-corrected chi connectivity index (χ1v) is 8.99. The van der Waals surface area contributed by atoms with Crippen molar-refractivity contribution in [2.24, 2.45) is 0 Å². The first-order valence-electron chi connectivity index (χ1n) is 8.99. The van der Waals surface area contributed by atoms with E-state index in [1.165, 1.54) is 25.3 Å². The molecule has 2 saturated heterocycles. The molecule has 0 radical (unpaired) electrons. The Hall–Kier alpha value is -2.90. The number of carbonyl (C=O) groups excluding carboxylic acids is 2. The van der Waals surface area contributed by atoms with Crippen LogP contribution in [-0.4, -0.2) is 63.9 Å². The molecule has 2 fully saturated rings. The van der Waals surface area contributed by atoms with Crippen LogP contribution in [0.2, 0.25) is 0 Å². The maximum absolute atomic E-state index is 13.7. The topological polar surface area (TPSA) is 78.5 Å². The summed E-state index contributed by atoms with van der Waals surface area (Å²) in [4.78, 5) is 36.1. The van der Waals surface area contributed by atoms with E-state index >= 15 is 0 Å². The van der Waals surface area contributed by atoms with Gasteiger partial charge in [-0.1, -0.05) is 0 Å². The molecular weight excluding hydrogens is 351 g/mol. The Kier molecular flexibility index (Phi) is 4.55. The number of carbonyl (C=O) groups is 2. The summed E-state index contributed by atoms with van der Waals surface area (Å²) in [6.07, 6.45) is 5.09. The molecule has 2 atom stereocenters. The summed E-state index contributed by atoms with van der Waals surface area (Å²) in [5.41, 5.74) is 1.17. The standard InChI is InChI=1S/C19H21FN4O3/c1-27-17-3-2-12(20)8-14(17)19(26)24-7-5-15-16(24)9-18(25)23(15)6-4-13-10-21-11-22-13/h2-3,8,10-11,15-16H,4-7,9H2,1H3,(H,21,22)/t15-,16-/m0/s1. The number of halogens is 1. The van der Waals surface area contributed by atoms with Crippen molar-refractivity contribution in [3.8, 4) is 5.75 Å². The Morgan fingerprint density at radius 3 is 3.00 bits per heavy atom. The quantitative estimate of drug-likeness (QED) is 0.865. The van der Waals surface area contributed by atoms with Gasteiger partial charge in [0, 0.05) is 37.8 Å². The molecule has 8 heteroatoms. The number of aromatic amines is 1. The third-order valence-corrected chi connectivity index (χ3v) is 5.44. The normalized spacial score (nSPS) is 21.6. The predicted octanol–water partition coefficient (Wildman–Crippen LogP) is 1.62. The summed E-state index contributed by atoms with van der Waals surface area (Å²) in [5, 5.41) is 0. The zero-order valence-corrected chi connectivity index (χ0v) is 15.0. The molecule has 0 saturated carbocycles. The van der Waals surface area contributed by atoms with E-state index in [0.717, 1.165) is 12.1 Å². The highest BCUT2D eigenvalue weighted by Crippen LogP contribution is 2.34. The van der Waals surface area contributed by atoms with Gasteiger partial charge in [-0.25, -0.2) is 9.37 Å². The highest BCUT2D eigenvalue weighted by molar-refractivity contribution is 5.98. The summed E-state index contributed by atoms with van der Waals surface area (Å²) >= 11 is 0. The Morgan fingerprint density at radius 2 is 2.26 bits per heavy atom. The molecule has 2 aliphatic rings. The average molecular weight is 372 g/mol. The molecule has 2 aromatic rings. The van der Waals surface area contributed by atoms with Crippen molar-refractivity contribution in [3.63, 3.8) is 0 Å². The van der Waals surface area contributed by atoms with Crippen molar-refractivity contribution in [2.75, 3.05) is 20.2 Å². The van der Waals surface area contributed by atoms with Crippen molar-refractivity contribution in [1.82, 2.24) is 19.8 Å². The van der Waals surface area contributed by atoms with Crippen LogP contribution in [0.25, 0.3) is 0 Å². The molecule has 2 aliphatic heterocycles. The molecule has 0 aliphatic carbocycles. The minimum atomic E-state index is -0.487. The zero-order chi connectivity index (χ0) is 19.0. The van der Waals surface area contributed by atoms with Gasteiger partial charge >= 0.3 is 0 Å². The lowest BCUT2D eigenvalue weighted by molar-refractivity contribution is -0.129. The lowest BCUT2D eigenvalue weighted by Crippen LogP contribution is -2.40. The summed E-state index contributed by atoms with van der Waals surface area (Å²) in [5.74, 6) is -0.390. The van der Waals surface area contributed by atoms with Crippen molar-refractivity contribution >= 4 is 11.8 Å². The lowest BCUT2D eigenvalue weighted by Gasteiger charge is -2.25. The van der Waals surface area contributed by atoms with Gasteiger partial charge in [0.2, 0.25) is 5.91 Å². The van der Waals surface area contributed by atoms with Crippen LogP contribution in [-0.2, 0) is 11.2 Å². The largest absolute Gasteiger partial charge is 0.496 e. The number of hydrogen-bond donors (Lipinski definition) is 1. The smallest absolute Gasteiger partial charge is 0.258 e. The number of ether oxygens (including phenoxy) is 1. The molecule has 0 unspecified atom stereocenters. The molecule has 1 N–H and O–H groups in total. The van der Waals surface area contributed by atoms with Gasteiger partial charge < -0.3 is 19.5 Å². The van der Waals surface area contributed by atoms with E-state index in [9.17, 15) is 14.0 Å². The number of fused-ring (bicyclic) bond motifs is 1. The van der Waals surface area contributed by atoms with E-state index < -0.39 is 5.82 Å². The van der Waals surface area contributed by atoms with Crippen molar-refractivity contribution in [1.29, 1.82) is 0 Å². The van der Waals surface area contributed by atoms with Gasteiger partial charge in [-0.15, -0.1) is 0 Å². The fourth-order valence-corrected chi connectivity index (χ4v) is 4.14. The molecule has 7 nitrogen and oxygen atoms in total. The Bertz CT molecular complexity index is 855. The molecule has 0 spiro atoms. The number of imidazole rings is 1. The van der Waals surface area contributed by atoms with E-state index in [-0.39, 0.29) is 29.5 Å². The number of rotatable bonds is 5. The molecule has 3 heterocycles. The van der Waals surface area contributed by atoms with Gasteiger partial charge in [0.05, 0.1) is 31.1 Å². The second-order valence-corrected chi connectivity index (χ2v) is 6.88. The first kappa shape index (κ1) is 17.5. The molecule has 0 bridgehead atoms. The number of amides is 2. The Labute approximate surface area is 156 Å². The number of methoxy groups -OCH3 is 1. The maximum Gasteiger partial charge on any atom is 0.258 e. The average Bonchev–Trinajstić information content (AvgIpc) is 3.37. The second kappa shape index (κ2) is 7.02. The van der Waals surface area contributed by atoms with E-state index in [1.54, 1.807) is 17.4 Å². The van der Waals surface area contributed by atoms with Gasteiger partial charge in [0.15, 0.2) is 0 Å². The SMILES string of the molecule is COc1ccc(F)cc1C(=O)N1CC[C@H]2[C@@H]1CC(=O)N2CCc1cnc[nH]1. The van der Waals surface area contributed by atoms with Crippen LogP contribution in [0.5, 0.6) is 5.75 Å². The number of nitrogens with zero attached hydrogens (tertiary/aromatic N) is 3. The second-order valence-electron chi connectivity index (χ2n) is 6.88. The minimum absolute atomic E-state index is 0.00363. The zero-order valence-electron chi connectivity index (χ0n) is 15.0. The van der Waals surface area contributed by atoms with Crippen molar-refractivity contribution in [3.05, 3.63) is 47.8 Å². The number of benzene rings is 1. The van der Waals surface area contributed by atoms with E-state index in [0.29, 0.717) is 31.7 Å². The number of likely N-dealkylation sites (tertiary alicyclic amines) is 2. The van der Waals surface area contributed by atoms with Gasteiger partial charge in [-0.05, 0) is 24.6 Å². The number of H-pyrrole nitrogens is 1. The van der Waals surface area contributed by atoms with Crippen LogP contribution in [0.1, 0.15) is 28.9 Å². The van der Waals surface area contributed by atoms with Crippen LogP contribution in [0, 0.1) is 5.82 Å². The van der Waals surface area contributed by atoms with Crippen LogP contribution < -0.4 is 4.74 Å². The van der Waals surface area contributed by atoms with Crippen LogP contribution in [0.15, 0.2) is 30.7 Å². The van der Waals surface area contributed by atoms with E-state index in [4.69, 9.17) is 4.74 Å². The van der Waals surface area contributed by atoms with Crippen LogP contribution in [0.3, 0.4) is 0 Å². The monoisotopic (exact) mass is 372 g/mol. The van der Waals surface area contributed by atoms with Crippen molar-refractivity contribution in [2.45, 2.75) is 31.3 Å². The predicted molar refractivity (Wildman–Crippen MR) is 94.8 cm³/mol. The Balaban J connectivity index is 1.50. The summed E-state index contributed by atoms with van der Waals surface area (Å²) < 4.78 is 18.9. The molecule has 1 aromatic heterocycles. The summed E-state index contributed by atoms with van der Waals surface area (Å²) in [6, 6.07) is 3.73. The van der Waals surface area contributed by atoms with E-state index in [2.05, 4.69) is 9.97 Å². The number of hydrogen-bond acceptors (Lipinski definition) is 4. The number of nitrogens with one attached hydrogen (secondary N) is 1.